The van der Waals surface area contributed by atoms with E-state index >= 15 is 26.3 Å². The van der Waals surface area contributed by atoms with Crippen LogP contribution in [0.15, 0.2) is 335 Å². The van der Waals surface area contributed by atoms with Crippen molar-refractivity contribution in [3.8, 4) is 22.3 Å². The maximum atomic E-state index is 17.3. The molecule has 0 aromatic heterocycles. The zero-order valence-corrected chi connectivity index (χ0v) is 55.9. The minimum atomic E-state index is -5.02. The second-order valence-corrected chi connectivity index (χ2v) is 27.1. The summed E-state index contributed by atoms with van der Waals surface area (Å²) in [4.78, 5) is 0. The lowest BCUT2D eigenvalue weighted by molar-refractivity contribution is -0.207. The molecule has 0 radical (unpaired) electrons. The standard InChI is InChI=1S/C90H84F6/c1-10-62(36-34-58(5)65-26-18-14-19-27-65)60(7)46-61-47-73(59(6)35-37-63(11-2)66-28-20-15-21-29-66)49-76(48-61)80-57-85-84(55-64(80)12-3)88(9,90(94,95)96)83(82(13-4)87(85,8)89(91,92)93)56-77-53-79-51-74(71-42-38-69(39-43-71)67-30-22-16-23-31-67)50-78-52-75(54-81(77)86(78)79)72-44-40-70(41-45-72)68-32-24-17-25-33-68/h10-12,14-24,26-32,34-44,46-48,50-52,55-56,72,76,80-81H,1,3,6,13,25,33,45,49,53-54,57H2,2,4-5,7-9H3/b37-35-,58-34+,60-46+,62-36+,63-11+,77-56+. The molecule has 7 aliphatic carbocycles. The van der Waals surface area contributed by atoms with E-state index in [1.807, 2.05) is 105 Å². The number of halogens is 6. The van der Waals surface area contributed by atoms with Crippen molar-refractivity contribution in [2.24, 2.45) is 28.6 Å². The highest BCUT2D eigenvalue weighted by molar-refractivity contribution is 5.79. The Kier molecular flexibility index (Phi) is 19.1. The van der Waals surface area contributed by atoms with Crippen LogP contribution in [0.2, 0.25) is 0 Å². The average molecular weight is 1280 g/mol. The Morgan fingerprint density at radius 3 is 2.01 bits per heavy atom. The maximum absolute atomic E-state index is 17.3. The van der Waals surface area contributed by atoms with Gasteiger partial charge in [0.2, 0.25) is 0 Å². The number of benzene rings is 5. The molecule has 6 unspecified atom stereocenters. The summed E-state index contributed by atoms with van der Waals surface area (Å²) in [6.45, 7) is 22.9. The first-order valence-electron chi connectivity index (χ1n) is 33.9. The number of rotatable bonds is 17. The largest absolute Gasteiger partial charge is 0.402 e. The zero-order valence-electron chi connectivity index (χ0n) is 55.9. The molecule has 486 valence electrons. The highest BCUT2D eigenvalue weighted by Crippen LogP contribution is 2.68. The highest BCUT2D eigenvalue weighted by Gasteiger charge is 2.67. The Bertz CT molecular complexity index is 4450. The van der Waals surface area contributed by atoms with Gasteiger partial charge in [-0.1, -0.05) is 275 Å². The predicted octanol–water partition coefficient (Wildman–Crippen LogP) is 25.7. The maximum Gasteiger partial charge on any atom is 0.402 e. The minimum Gasteiger partial charge on any atom is -0.170 e. The van der Waals surface area contributed by atoms with Crippen molar-refractivity contribution in [3.63, 3.8) is 0 Å². The van der Waals surface area contributed by atoms with Crippen LogP contribution in [0.5, 0.6) is 0 Å². The molecule has 96 heavy (non-hydrogen) atoms. The van der Waals surface area contributed by atoms with Gasteiger partial charge in [-0.05, 0) is 232 Å². The van der Waals surface area contributed by atoms with Gasteiger partial charge < -0.3 is 0 Å². The van der Waals surface area contributed by atoms with Crippen molar-refractivity contribution in [1.82, 2.24) is 0 Å². The van der Waals surface area contributed by atoms with Gasteiger partial charge in [0.25, 0.3) is 0 Å². The number of allylic oxidation sites excluding steroid dienone is 34. The van der Waals surface area contributed by atoms with Crippen molar-refractivity contribution in [3.05, 3.63) is 362 Å². The van der Waals surface area contributed by atoms with Crippen molar-refractivity contribution in [2.45, 2.75) is 111 Å². The average Bonchev–Trinajstić information content (AvgIpc) is 0.742. The van der Waals surface area contributed by atoms with E-state index in [2.05, 4.69) is 154 Å². The summed E-state index contributed by atoms with van der Waals surface area (Å²) in [6.07, 6.45) is 31.7. The molecule has 0 amide bonds. The molecule has 0 bridgehead atoms. The fraction of sp³-hybridized carbons (Fsp3) is 0.244. The van der Waals surface area contributed by atoms with Crippen LogP contribution in [0.4, 0.5) is 26.3 Å². The molecule has 0 nitrogen and oxygen atoms in total. The van der Waals surface area contributed by atoms with E-state index in [1.54, 1.807) is 25.2 Å². The van der Waals surface area contributed by atoms with Crippen LogP contribution in [-0.4, -0.2) is 12.4 Å². The molecule has 5 aromatic carbocycles. The summed E-state index contributed by atoms with van der Waals surface area (Å²) < 4.78 is 103. The van der Waals surface area contributed by atoms with Crippen molar-refractivity contribution < 1.29 is 26.3 Å². The smallest absolute Gasteiger partial charge is 0.170 e. The summed E-state index contributed by atoms with van der Waals surface area (Å²) in [7, 11) is 0. The van der Waals surface area contributed by atoms with E-state index < -0.39 is 35.0 Å². The van der Waals surface area contributed by atoms with E-state index in [4.69, 9.17) is 0 Å². The lowest BCUT2D eigenvalue weighted by Gasteiger charge is -2.52. The molecule has 0 N–H and O–H groups in total. The van der Waals surface area contributed by atoms with E-state index in [1.165, 1.54) is 17.2 Å². The summed E-state index contributed by atoms with van der Waals surface area (Å²) in [5.74, 6) is -1.48. The molecular weight excluding hydrogens is 1190 g/mol. The fourth-order valence-corrected chi connectivity index (χ4v) is 16.0. The van der Waals surface area contributed by atoms with Gasteiger partial charge in [0.15, 0.2) is 0 Å². The molecule has 0 aliphatic heterocycles. The van der Waals surface area contributed by atoms with Crippen LogP contribution in [0.1, 0.15) is 120 Å². The van der Waals surface area contributed by atoms with Crippen LogP contribution < -0.4 is 0 Å². The molecule has 7 aliphatic rings. The van der Waals surface area contributed by atoms with E-state index in [0.717, 1.165) is 122 Å². The molecule has 5 aromatic rings. The molecule has 6 atom stereocenters. The molecule has 0 saturated heterocycles. The Morgan fingerprint density at radius 1 is 0.729 bits per heavy atom. The van der Waals surface area contributed by atoms with Crippen LogP contribution >= 0.6 is 0 Å². The van der Waals surface area contributed by atoms with Crippen LogP contribution in [0.3, 0.4) is 0 Å². The predicted molar refractivity (Wildman–Crippen MR) is 390 cm³/mol. The third kappa shape index (κ3) is 12.9. The topological polar surface area (TPSA) is 0 Å². The van der Waals surface area contributed by atoms with Crippen molar-refractivity contribution in [1.29, 1.82) is 0 Å². The van der Waals surface area contributed by atoms with Gasteiger partial charge in [0, 0.05) is 11.8 Å². The molecule has 6 heteroatoms. The summed E-state index contributed by atoms with van der Waals surface area (Å²) in [6, 6.07) is 43.1. The van der Waals surface area contributed by atoms with Gasteiger partial charge in [-0.2, -0.15) is 26.3 Å². The molecule has 0 saturated carbocycles. The van der Waals surface area contributed by atoms with Gasteiger partial charge in [-0.25, -0.2) is 0 Å². The minimum absolute atomic E-state index is 0.0282. The third-order valence-electron chi connectivity index (χ3n) is 21.5. The molecule has 0 fully saturated rings. The Morgan fingerprint density at radius 2 is 1.40 bits per heavy atom. The Hall–Kier alpha value is -9.26. The first-order chi connectivity index (χ1) is 46.1. The molecule has 0 spiro atoms. The van der Waals surface area contributed by atoms with E-state index in [-0.39, 0.29) is 47.0 Å². The highest BCUT2D eigenvalue weighted by atomic mass is 19.4. The van der Waals surface area contributed by atoms with Crippen LogP contribution in [-0.2, 0) is 6.42 Å². The second kappa shape index (κ2) is 27.5. The monoisotopic (exact) mass is 1280 g/mol. The normalized spacial score (nSPS) is 24.4. The first-order valence-corrected chi connectivity index (χ1v) is 33.9. The number of alkyl halides is 6. The zero-order chi connectivity index (χ0) is 67.7. The van der Waals surface area contributed by atoms with E-state index in [9.17, 15) is 0 Å². The SMILES string of the molecule is C=CC1=CC2=C(CC1C1C=C(/C=C(C)/C(C=C)=C/C=C(\C)c3ccccc3)C=C(C(=C)/C=C\C(=C/C)c3ccccc3)C1)C(C)(C(F)(F)F)C(CC)=C(/C=C1\Cc3cc(-c4ccc(-c5ccccc5)cc4)cc4c3C1CC(C1C=CC(C3=CC=CCC3)=CC1)=C4)C2(C)C(F)(F)F. The molecule has 12 rings (SSSR count). The van der Waals surface area contributed by atoms with Gasteiger partial charge in [-0.3, -0.25) is 0 Å². The summed E-state index contributed by atoms with van der Waals surface area (Å²) >= 11 is 0. The third-order valence-corrected chi connectivity index (χ3v) is 21.5. The van der Waals surface area contributed by atoms with Crippen LogP contribution in [0.25, 0.3) is 39.5 Å². The van der Waals surface area contributed by atoms with E-state index in [0.29, 0.717) is 36.0 Å². The lowest BCUT2D eigenvalue weighted by atomic mass is 9.53. The summed E-state index contributed by atoms with van der Waals surface area (Å²) in [5.41, 5.74) is 13.6. The Balaban J connectivity index is 0.953. The first kappa shape index (κ1) is 66.7. The fourth-order valence-electron chi connectivity index (χ4n) is 16.0. The quantitative estimate of drug-likeness (QED) is 0.0643. The Labute approximate surface area is 564 Å². The van der Waals surface area contributed by atoms with Gasteiger partial charge in [0.05, 0.1) is 0 Å². The van der Waals surface area contributed by atoms with Crippen molar-refractivity contribution in [2.75, 3.05) is 0 Å². The van der Waals surface area contributed by atoms with Gasteiger partial charge in [-0.15, -0.1) is 0 Å². The lowest BCUT2D eigenvalue weighted by Crippen LogP contribution is -2.51. The summed E-state index contributed by atoms with van der Waals surface area (Å²) in [5, 5.41) is 0. The number of hydrogen-bond acceptors (Lipinski definition) is 0. The van der Waals surface area contributed by atoms with Gasteiger partial charge in [0.1, 0.15) is 10.8 Å². The van der Waals surface area contributed by atoms with Crippen LogP contribution in [0, 0.1) is 28.6 Å². The van der Waals surface area contributed by atoms with Gasteiger partial charge >= 0.3 is 12.4 Å². The second-order valence-electron chi connectivity index (χ2n) is 27.1. The molecule has 0 heterocycles. The molecular formula is C90H84F6. The number of hydrogen-bond donors (Lipinski definition) is 0. The van der Waals surface area contributed by atoms with Crippen molar-refractivity contribution >= 4 is 17.2 Å².